The number of carbonyl (C=O) groups excluding carboxylic acids is 1. The Bertz CT molecular complexity index is 1530. The van der Waals surface area contributed by atoms with Gasteiger partial charge in [0.2, 0.25) is 26.0 Å². The molecule has 1 N–H and O–H groups in total. The minimum absolute atomic E-state index is 0.0439. The van der Waals surface area contributed by atoms with E-state index in [0.717, 1.165) is 17.5 Å². The predicted molar refractivity (Wildman–Crippen MR) is 151 cm³/mol. The Balaban J connectivity index is 1.53. The van der Waals surface area contributed by atoms with Crippen molar-refractivity contribution in [2.45, 2.75) is 36.5 Å². The molecular weight excluding hydrogens is 572 g/mol. The SMILES string of the molecule is C#CC1CCN(C(=O)C(Cc2ccc(F)c(F)c2)c2ccc(S(=O)(=O)N3CC[C@H](CNS(=O)(=O)C=C)C3)cc2)CC1. The second kappa shape index (κ2) is 12.8. The zero-order valence-corrected chi connectivity index (χ0v) is 24.1. The Kier molecular flexibility index (Phi) is 9.64. The molecule has 0 bridgehead atoms. The van der Waals surface area contributed by atoms with Gasteiger partial charge < -0.3 is 4.90 Å². The predicted octanol–water partition coefficient (Wildman–Crippen LogP) is 3.24. The minimum atomic E-state index is -3.86. The van der Waals surface area contributed by atoms with Crippen LogP contribution in [0.2, 0.25) is 0 Å². The Labute approximate surface area is 240 Å². The van der Waals surface area contributed by atoms with Crippen LogP contribution in [0.15, 0.2) is 59.3 Å². The molecule has 8 nitrogen and oxygen atoms in total. The van der Waals surface area contributed by atoms with E-state index >= 15 is 0 Å². The van der Waals surface area contributed by atoms with Crippen molar-refractivity contribution in [1.82, 2.24) is 13.9 Å². The number of sulfonamides is 2. The Morgan fingerprint density at radius 1 is 1.05 bits per heavy atom. The minimum Gasteiger partial charge on any atom is -0.342 e. The molecule has 0 saturated carbocycles. The van der Waals surface area contributed by atoms with Crippen molar-refractivity contribution in [1.29, 1.82) is 0 Å². The highest BCUT2D eigenvalue weighted by Gasteiger charge is 2.34. The van der Waals surface area contributed by atoms with Gasteiger partial charge in [0.15, 0.2) is 11.6 Å². The van der Waals surface area contributed by atoms with Crippen LogP contribution in [0.25, 0.3) is 0 Å². The third-order valence-corrected chi connectivity index (χ3v) is 10.6. The number of hydrogen-bond acceptors (Lipinski definition) is 5. The van der Waals surface area contributed by atoms with Crippen LogP contribution in [0, 0.1) is 35.8 Å². The van der Waals surface area contributed by atoms with Gasteiger partial charge in [-0.2, -0.15) is 4.31 Å². The molecule has 2 aromatic rings. The number of halogens is 2. The molecule has 1 amide bonds. The molecule has 2 saturated heterocycles. The monoisotopic (exact) mass is 605 g/mol. The lowest BCUT2D eigenvalue weighted by atomic mass is 9.89. The molecule has 1 unspecified atom stereocenters. The van der Waals surface area contributed by atoms with E-state index in [1.165, 1.54) is 22.5 Å². The standard InChI is InChI=1S/C29H33F2N3O5S2/c1-3-21-11-14-33(15-12-21)29(35)26(17-22-5-10-27(30)28(31)18-22)24-6-8-25(9-7-24)41(38,39)34-16-13-23(20-34)19-32-40(36,37)4-2/h1,4-10,18,21,23,26,32H,2,11-17,19-20H2/t23-,26?/m1/s1. The second-order valence-electron chi connectivity index (χ2n) is 10.4. The van der Waals surface area contributed by atoms with Crippen molar-refractivity contribution in [3.05, 3.63) is 77.2 Å². The van der Waals surface area contributed by atoms with E-state index in [-0.39, 0.29) is 48.7 Å². The van der Waals surface area contributed by atoms with Crippen molar-refractivity contribution in [3.8, 4) is 12.3 Å². The number of amides is 1. The Morgan fingerprint density at radius 2 is 1.73 bits per heavy atom. The summed E-state index contributed by atoms with van der Waals surface area (Å²) in [6.07, 6.45) is 7.48. The molecule has 0 aliphatic carbocycles. The number of piperidine rings is 1. The van der Waals surface area contributed by atoms with Gasteiger partial charge in [0, 0.05) is 44.0 Å². The van der Waals surface area contributed by atoms with Gasteiger partial charge in [0.1, 0.15) is 0 Å². The fraction of sp³-hybridized carbons (Fsp3) is 0.414. The molecule has 12 heteroatoms. The molecule has 2 heterocycles. The lowest BCUT2D eigenvalue weighted by Gasteiger charge is -2.33. The third kappa shape index (κ3) is 7.40. The summed E-state index contributed by atoms with van der Waals surface area (Å²) >= 11 is 0. The van der Waals surface area contributed by atoms with Crippen molar-refractivity contribution < 1.29 is 30.4 Å². The highest BCUT2D eigenvalue weighted by Crippen LogP contribution is 2.30. The summed E-state index contributed by atoms with van der Waals surface area (Å²) in [6, 6.07) is 9.55. The Hall–Kier alpha value is -3.11. The summed E-state index contributed by atoms with van der Waals surface area (Å²) in [5, 5.41) is 0.808. The normalized spacial score (nSPS) is 19.5. The quantitative estimate of drug-likeness (QED) is 0.419. The fourth-order valence-corrected chi connectivity index (χ4v) is 7.35. The van der Waals surface area contributed by atoms with Crippen LogP contribution in [0.5, 0.6) is 0 Å². The maximum absolute atomic E-state index is 14.0. The molecule has 4 rings (SSSR count). The first-order valence-corrected chi connectivity index (χ1v) is 16.3. The molecular formula is C29H33F2N3O5S2. The van der Waals surface area contributed by atoms with Gasteiger partial charge in [-0.3, -0.25) is 4.79 Å². The highest BCUT2D eigenvalue weighted by molar-refractivity contribution is 7.92. The summed E-state index contributed by atoms with van der Waals surface area (Å²) in [5.74, 6) is -0.281. The van der Waals surface area contributed by atoms with Crippen molar-refractivity contribution >= 4 is 26.0 Å². The fourth-order valence-electron chi connectivity index (χ4n) is 5.23. The topological polar surface area (TPSA) is 104 Å². The lowest BCUT2D eigenvalue weighted by molar-refractivity contribution is -0.134. The largest absolute Gasteiger partial charge is 0.342 e. The number of likely N-dealkylation sites (tertiary alicyclic amines) is 1. The first-order valence-electron chi connectivity index (χ1n) is 13.3. The maximum Gasteiger partial charge on any atom is 0.243 e. The maximum atomic E-state index is 14.0. The molecule has 41 heavy (non-hydrogen) atoms. The number of nitrogens with one attached hydrogen (secondary N) is 1. The van der Waals surface area contributed by atoms with Crippen LogP contribution in [0.3, 0.4) is 0 Å². The molecule has 2 aromatic carbocycles. The molecule has 0 radical (unpaired) electrons. The van der Waals surface area contributed by atoms with Gasteiger partial charge in [-0.05, 0) is 67.0 Å². The molecule has 2 atom stereocenters. The van der Waals surface area contributed by atoms with E-state index in [4.69, 9.17) is 6.42 Å². The number of carbonyl (C=O) groups is 1. The summed E-state index contributed by atoms with van der Waals surface area (Å²) in [5.41, 5.74) is 0.989. The average Bonchev–Trinajstić information content (AvgIpc) is 3.47. The van der Waals surface area contributed by atoms with Gasteiger partial charge in [-0.15, -0.1) is 12.3 Å². The second-order valence-corrected chi connectivity index (χ2v) is 14.1. The van der Waals surface area contributed by atoms with E-state index in [9.17, 15) is 30.4 Å². The smallest absolute Gasteiger partial charge is 0.243 e. The Morgan fingerprint density at radius 3 is 2.34 bits per heavy atom. The lowest BCUT2D eigenvalue weighted by Crippen LogP contribution is -2.41. The zero-order chi connectivity index (χ0) is 29.8. The van der Waals surface area contributed by atoms with Gasteiger partial charge in [-0.25, -0.2) is 30.3 Å². The van der Waals surface area contributed by atoms with Crippen molar-refractivity contribution in [2.24, 2.45) is 11.8 Å². The van der Waals surface area contributed by atoms with Crippen molar-refractivity contribution in [2.75, 3.05) is 32.7 Å². The van der Waals surface area contributed by atoms with Crippen LogP contribution in [-0.4, -0.2) is 64.7 Å². The summed E-state index contributed by atoms with van der Waals surface area (Å²) < 4.78 is 81.1. The summed E-state index contributed by atoms with van der Waals surface area (Å²) in [6.45, 7) is 4.71. The molecule has 2 aliphatic rings. The summed E-state index contributed by atoms with van der Waals surface area (Å²) in [4.78, 5) is 15.4. The van der Waals surface area contributed by atoms with E-state index < -0.39 is 37.6 Å². The van der Waals surface area contributed by atoms with Gasteiger partial charge in [0.05, 0.1) is 10.8 Å². The van der Waals surface area contributed by atoms with Crippen molar-refractivity contribution in [3.63, 3.8) is 0 Å². The van der Waals surface area contributed by atoms with Crippen LogP contribution >= 0.6 is 0 Å². The van der Waals surface area contributed by atoms with E-state index in [1.54, 1.807) is 17.0 Å². The highest BCUT2D eigenvalue weighted by atomic mass is 32.2. The number of nitrogens with zero attached hydrogens (tertiary/aromatic N) is 2. The van der Waals surface area contributed by atoms with E-state index in [1.807, 2.05) is 0 Å². The molecule has 220 valence electrons. The van der Waals surface area contributed by atoms with Gasteiger partial charge >= 0.3 is 0 Å². The van der Waals surface area contributed by atoms with E-state index in [2.05, 4.69) is 17.2 Å². The zero-order valence-electron chi connectivity index (χ0n) is 22.5. The number of benzene rings is 2. The first-order chi connectivity index (χ1) is 19.4. The molecule has 2 fully saturated rings. The van der Waals surface area contributed by atoms with Crippen LogP contribution in [0.4, 0.5) is 8.78 Å². The summed E-state index contributed by atoms with van der Waals surface area (Å²) in [7, 11) is -7.47. The average molecular weight is 606 g/mol. The molecule has 0 aromatic heterocycles. The number of hydrogen-bond donors (Lipinski definition) is 1. The first kappa shape index (κ1) is 30.8. The molecule has 2 aliphatic heterocycles. The van der Waals surface area contributed by atoms with Crippen LogP contribution in [-0.2, 0) is 31.3 Å². The van der Waals surface area contributed by atoms with E-state index in [0.29, 0.717) is 43.5 Å². The van der Waals surface area contributed by atoms with Crippen LogP contribution in [0.1, 0.15) is 36.3 Å². The molecule has 0 spiro atoms. The number of rotatable bonds is 10. The van der Waals surface area contributed by atoms with Gasteiger partial charge in [0.25, 0.3) is 0 Å². The third-order valence-electron chi connectivity index (χ3n) is 7.73. The van der Waals surface area contributed by atoms with Gasteiger partial charge in [-0.1, -0.05) is 24.8 Å². The van der Waals surface area contributed by atoms with Crippen LogP contribution < -0.4 is 4.72 Å². The number of terminal acetylenes is 1.